The molecule has 0 fully saturated rings. The summed E-state index contributed by atoms with van der Waals surface area (Å²) in [6.07, 6.45) is 0.837. The Morgan fingerprint density at radius 1 is 1.24 bits per heavy atom. The quantitative estimate of drug-likeness (QED) is 0.713. The van der Waals surface area contributed by atoms with Gasteiger partial charge in [0.2, 0.25) is 0 Å². The van der Waals surface area contributed by atoms with Gasteiger partial charge in [-0.3, -0.25) is 0 Å². The lowest BCUT2D eigenvalue weighted by atomic mass is 10.1. The predicted octanol–water partition coefficient (Wildman–Crippen LogP) is 4.33. The van der Waals surface area contributed by atoms with E-state index in [0.29, 0.717) is 12.1 Å². The lowest BCUT2D eigenvalue weighted by molar-refractivity contribution is 0.543. The van der Waals surface area contributed by atoms with Crippen molar-refractivity contribution < 1.29 is 8.78 Å². The summed E-state index contributed by atoms with van der Waals surface area (Å²) in [5, 5.41) is 0. The van der Waals surface area contributed by atoms with Crippen LogP contribution in [0.15, 0.2) is 12.1 Å². The normalized spacial score (nSPS) is 12.6. The summed E-state index contributed by atoms with van der Waals surface area (Å²) in [4.78, 5) is 1.74. The fraction of sp³-hybridized carbons (Fsp3) is 0.538. The second kappa shape index (κ2) is 6.20. The summed E-state index contributed by atoms with van der Waals surface area (Å²) in [6.45, 7) is 6.41. The lowest BCUT2D eigenvalue weighted by Gasteiger charge is -2.30. The van der Waals surface area contributed by atoms with Gasteiger partial charge in [0.15, 0.2) is 0 Å². The maximum Gasteiger partial charge on any atom is 0.149 e. The Hall–Kier alpha value is -0.830. The maximum atomic E-state index is 13.9. The second-order valence-electron chi connectivity index (χ2n) is 4.08. The van der Waals surface area contributed by atoms with E-state index in [0.717, 1.165) is 6.42 Å². The molecular weight excluding hydrogens is 244 g/mol. The molecule has 0 aliphatic heterocycles. The highest BCUT2D eigenvalue weighted by Gasteiger charge is 2.20. The van der Waals surface area contributed by atoms with Crippen LogP contribution in [0.2, 0.25) is 0 Å². The molecule has 1 unspecified atom stereocenters. The molecule has 96 valence electrons. The highest BCUT2D eigenvalue weighted by Crippen LogP contribution is 2.27. The van der Waals surface area contributed by atoms with E-state index in [2.05, 4.69) is 0 Å². The molecular formula is C13H18ClF2N. The van der Waals surface area contributed by atoms with E-state index in [9.17, 15) is 8.78 Å². The molecule has 17 heavy (non-hydrogen) atoms. The summed E-state index contributed by atoms with van der Waals surface area (Å²) in [5.41, 5.74) is 0.515. The maximum absolute atomic E-state index is 13.9. The van der Waals surface area contributed by atoms with Crippen LogP contribution in [0.3, 0.4) is 0 Å². The van der Waals surface area contributed by atoms with Crippen molar-refractivity contribution in [2.24, 2.45) is 0 Å². The van der Waals surface area contributed by atoms with Crippen LogP contribution < -0.4 is 4.90 Å². The molecule has 0 spiro atoms. The van der Waals surface area contributed by atoms with E-state index < -0.39 is 11.6 Å². The van der Waals surface area contributed by atoms with Crippen LogP contribution in [0.25, 0.3) is 0 Å². The van der Waals surface area contributed by atoms with Crippen molar-refractivity contribution >= 4 is 17.3 Å². The van der Waals surface area contributed by atoms with E-state index in [-0.39, 0.29) is 17.6 Å². The topological polar surface area (TPSA) is 3.24 Å². The van der Waals surface area contributed by atoms with E-state index in [1.807, 2.05) is 20.8 Å². The molecule has 0 heterocycles. The third-order valence-corrected chi connectivity index (χ3v) is 3.29. The summed E-state index contributed by atoms with van der Waals surface area (Å²) in [6, 6.07) is 2.71. The minimum absolute atomic E-state index is 0.0516. The number of benzene rings is 1. The molecule has 0 N–H and O–H groups in total. The van der Waals surface area contributed by atoms with E-state index in [1.54, 1.807) is 4.90 Å². The summed E-state index contributed by atoms with van der Waals surface area (Å²) < 4.78 is 27.8. The van der Waals surface area contributed by atoms with Crippen molar-refractivity contribution in [1.29, 1.82) is 0 Å². The van der Waals surface area contributed by atoms with Gasteiger partial charge in [0, 0.05) is 18.5 Å². The monoisotopic (exact) mass is 261 g/mol. The van der Waals surface area contributed by atoms with Gasteiger partial charge < -0.3 is 4.90 Å². The molecule has 0 saturated carbocycles. The highest BCUT2D eigenvalue weighted by atomic mass is 35.5. The van der Waals surface area contributed by atoms with Gasteiger partial charge in [-0.2, -0.15) is 0 Å². The van der Waals surface area contributed by atoms with Gasteiger partial charge in [-0.05, 0) is 38.0 Å². The van der Waals surface area contributed by atoms with Crippen molar-refractivity contribution in [2.75, 3.05) is 11.4 Å². The molecule has 0 bridgehead atoms. The third kappa shape index (κ3) is 3.09. The number of alkyl halides is 1. The number of halogens is 3. The Morgan fingerprint density at radius 2 is 1.76 bits per heavy atom. The van der Waals surface area contributed by atoms with Gasteiger partial charge in [0.25, 0.3) is 0 Å². The highest BCUT2D eigenvalue weighted by molar-refractivity contribution is 6.17. The van der Waals surface area contributed by atoms with E-state index in [4.69, 9.17) is 11.6 Å². The zero-order valence-corrected chi connectivity index (χ0v) is 11.2. The molecule has 1 nitrogen and oxygen atoms in total. The van der Waals surface area contributed by atoms with Crippen molar-refractivity contribution in [3.8, 4) is 0 Å². The van der Waals surface area contributed by atoms with Crippen LogP contribution in [0, 0.1) is 11.6 Å². The van der Waals surface area contributed by atoms with Gasteiger partial charge in [-0.1, -0.05) is 6.92 Å². The van der Waals surface area contributed by atoms with Crippen LogP contribution >= 0.6 is 11.6 Å². The molecule has 0 radical (unpaired) electrons. The Kier molecular flexibility index (Phi) is 5.19. The van der Waals surface area contributed by atoms with Crippen LogP contribution in [0.5, 0.6) is 0 Å². The van der Waals surface area contributed by atoms with Crippen LogP contribution in [0.4, 0.5) is 14.5 Å². The molecule has 1 rings (SSSR count). The van der Waals surface area contributed by atoms with Gasteiger partial charge >= 0.3 is 0 Å². The minimum Gasteiger partial charge on any atom is -0.364 e. The molecule has 0 amide bonds. The lowest BCUT2D eigenvalue weighted by Crippen LogP contribution is -2.33. The Bertz CT molecular complexity index is 359. The molecule has 0 aliphatic rings. The zero-order valence-electron chi connectivity index (χ0n) is 10.4. The Labute approximate surface area is 106 Å². The molecule has 4 heteroatoms. The minimum atomic E-state index is -0.539. The summed E-state index contributed by atoms with van der Waals surface area (Å²) >= 11 is 5.58. The number of hydrogen-bond donors (Lipinski definition) is 0. The average molecular weight is 262 g/mol. The molecule has 0 saturated heterocycles. The standard InChI is InChI=1S/C13H18ClF2N/c1-4-9(3)17(5-2)13-11(15)6-10(8-14)7-12(13)16/h6-7,9H,4-5,8H2,1-3H3. The first-order chi connectivity index (χ1) is 8.04. The van der Waals surface area contributed by atoms with Crippen LogP contribution in [-0.2, 0) is 5.88 Å². The molecule has 1 aromatic rings. The van der Waals surface area contributed by atoms with Crippen molar-refractivity contribution in [1.82, 2.24) is 0 Å². The SMILES string of the molecule is CCC(C)N(CC)c1c(F)cc(CCl)cc1F. The fourth-order valence-electron chi connectivity index (χ4n) is 1.88. The first-order valence-corrected chi connectivity index (χ1v) is 6.39. The predicted molar refractivity (Wildman–Crippen MR) is 68.7 cm³/mol. The van der Waals surface area contributed by atoms with Crippen molar-refractivity contribution in [3.63, 3.8) is 0 Å². The average Bonchev–Trinajstić information content (AvgIpc) is 2.32. The molecule has 0 aliphatic carbocycles. The zero-order chi connectivity index (χ0) is 13.0. The van der Waals surface area contributed by atoms with Gasteiger partial charge in [0.05, 0.1) is 0 Å². The van der Waals surface area contributed by atoms with Crippen LogP contribution in [0.1, 0.15) is 32.8 Å². The third-order valence-electron chi connectivity index (χ3n) is 2.98. The van der Waals surface area contributed by atoms with Gasteiger partial charge in [-0.25, -0.2) is 8.78 Å². The molecule has 1 atom stereocenters. The number of anilines is 1. The summed E-state index contributed by atoms with van der Waals surface area (Å²) in [7, 11) is 0. The van der Waals surface area contributed by atoms with Gasteiger partial charge in [-0.15, -0.1) is 11.6 Å². The van der Waals surface area contributed by atoms with E-state index >= 15 is 0 Å². The number of nitrogens with zero attached hydrogens (tertiary/aromatic N) is 1. The largest absolute Gasteiger partial charge is 0.364 e. The Morgan fingerprint density at radius 3 is 2.12 bits per heavy atom. The Balaban J connectivity index is 3.20. The number of hydrogen-bond acceptors (Lipinski definition) is 1. The molecule has 1 aromatic carbocycles. The van der Waals surface area contributed by atoms with Crippen molar-refractivity contribution in [3.05, 3.63) is 29.3 Å². The molecule has 0 aromatic heterocycles. The van der Waals surface area contributed by atoms with Crippen LogP contribution in [-0.4, -0.2) is 12.6 Å². The van der Waals surface area contributed by atoms with Gasteiger partial charge in [0.1, 0.15) is 17.3 Å². The number of rotatable bonds is 5. The van der Waals surface area contributed by atoms with E-state index in [1.165, 1.54) is 12.1 Å². The fourth-order valence-corrected chi connectivity index (χ4v) is 2.03. The van der Waals surface area contributed by atoms with Crippen molar-refractivity contribution in [2.45, 2.75) is 39.1 Å². The smallest absolute Gasteiger partial charge is 0.149 e. The second-order valence-corrected chi connectivity index (χ2v) is 4.35. The first-order valence-electron chi connectivity index (χ1n) is 5.85. The summed E-state index contributed by atoms with van der Waals surface area (Å²) in [5.74, 6) is -0.963. The first kappa shape index (κ1) is 14.2.